The zero-order valence-electron chi connectivity index (χ0n) is 15.8. The van der Waals surface area contributed by atoms with Crippen molar-refractivity contribution in [3.05, 3.63) is 66.0 Å². The molecule has 2 heterocycles. The van der Waals surface area contributed by atoms with Gasteiger partial charge in [0.25, 0.3) is 0 Å². The van der Waals surface area contributed by atoms with Crippen molar-refractivity contribution in [1.29, 1.82) is 0 Å². The summed E-state index contributed by atoms with van der Waals surface area (Å²) in [4.78, 5) is 32.3. The zero-order chi connectivity index (χ0) is 19.8. The molecule has 0 spiro atoms. The van der Waals surface area contributed by atoms with Crippen molar-refractivity contribution in [3.8, 4) is 0 Å². The number of amides is 2. The van der Waals surface area contributed by atoms with E-state index in [1.807, 2.05) is 42.5 Å². The van der Waals surface area contributed by atoms with Crippen molar-refractivity contribution in [2.45, 2.75) is 25.4 Å². The number of carbonyl (C=O) groups excluding carboxylic acids is 1. The number of urea groups is 1. The van der Waals surface area contributed by atoms with Crippen LogP contribution in [-0.4, -0.2) is 64.1 Å². The summed E-state index contributed by atoms with van der Waals surface area (Å²) in [5.74, 6) is -1.02. The number of carboxylic acid groups (broad SMARTS) is 1. The summed E-state index contributed by atoms with van der Waals surface area (Å²) < 4.78 is 0. The molecule has 2 amide bonds. The van der Waals surface area contributed by atoms with Crippen molar-refractivity contribution < 1.29 is 14.7 Å². The molecule has 0 bridgehead atoms. The Balaban J connectivity index is 1.53. The monoisotopic (exact) mass is 382 g/mol. The quantitative estimate of drug-likeness (QED) is 0.798. The molecule has 0 unspecified atom stereocenters. The fourth-order valence-electron chi connectivity index (χ4n) is 3.37. The number of hydrogen-bond acceptors (Lipinski definition) is 4. The lowest BCUT2D eigenvalue weighted by molar-refractivity contribution is -0.139. The van der Waals surface area contributed by atoms with E-state index >= 15 is 0 Å². The Bertz CT molecular complexity index is 770. The predicted octanol–water partition coefficient (Wildman–Crippen LogP) is 1.99. The third-order valence-electron chi connectivity index (χ3n) is 4.91. The number of aromatic nitrogens is 1. The average molecular weight is 382 g/mol. The number of carboxylic acids is 1. The molecule has 1 aromatic carbocycles. The first-order valence-electron chi connectivity index (χ1n) is 9.55. The maximum atomic E-state index is 12.6. The molecular weight excluding hydrogens is 356 g/mol. The van der Waals surface area contributed by atoms with Gasteiger partial charge in [0.1, 0.15) is 6.04 Å². The van der Waals surface area contributed by atoms with Gasteiger partial charge in [-0.25, -0.2) is 9.59 Å². The Morgan fingerprint density at radius 2 is 1.75 bits per heavy atom. The molecule has 7 nitrogen and oxygen atoms in total. The van der Waals surface area contributed by atoms with E-state index in [0.717, 1.165) is 31.6 Å². The van der Waals surface area contributed by atoms with Crippen molar-refractivity contribution in [2.24, 2.45) is 0 Å². The summed E-state index contributed by atoms with van der Waals surface area (Å²) >= 11 is 0. The summed E-state index contributed by atoms with van der Waals surface area (Å²) in [5, 5.41) is 12.2. The molecule has 0 aliphatic carbocycles. The Morgan fingerprint density at radius 1 is 1.00 bits per heavy atom. The molecule has 0 radical (unpaired) electrons. The minimum absolute atomic E-state index is 0.268. The van der Waals surface area contributed by atoms with E-state index in [-0.39, 0.29) is 12.5 Å². The summed E-state index contributed by atoms with van der Waals surface area (Å²) in [5.41, 5.74) is 2.08. The average Bonchev–Trinajstić information content (AvgIpc) is 2.94. The van der Waals surface area contributed by atoms with Gasteiger partial charge in [-0.05, 0) is 29.7 Å². The summed E-state index contributed by atoms with van der Waals surface area (Å²) in [6.07, 6.45) is 4.69. The third-order valence-corrected chi connectivity index (χ3v) is 4.91. The van der Waals surface area contributed by atoms with Gasteiger partial charge in [0.2, 0.25) is 0 Å². The van der Waals surface area contributed by atoms with Crippen LogP contribution in [0.2, 0.25) is 0 Å². The lowest BCUT2D eigenvalue weighted by Crippen LogP contribution is -2.49. The van der Waals surface area contributed by atoms with Crippen molar-refractivity contribution in [1.82, 2.24) is 20.1 Å². The zero-order valence-corrected chi connectivity index (χ0v) is 15.8. The van der Waals surface area contributed by atoms with E-state index in [2.05, 4.69) is 15.2 Å². The number of rotatable bonds is 6. The minimum Gasteiger partial charge on any atom is -0.480 e. The van der Waals surface area contributed by atoms with Gasteiger partial charge in [-0.2, -0.15) is 0 Å². The third kappa shape index (κ3) is 5.79. The van der Waals surface area contributed by atoms with E-state index in [1.54, 1.807) is 17.3 Å². The highest BCUT2D eigenvalue weighted by Gasteiger charge is 2.25. The van der Waals surface area contributed by atoms with Gasteiger partial charge in [-0.3, -0.25) is 9.88 Å². The summed E-state index contributed by atoms with van der Waals surface area (Å²) in [7, 11) is 0. The number of nitrogens with zero attached hydrogens (tertiary/aromatic N) is 3. The Hall–Kier alpha value is -2.93. The fraction of sp³-hybridized carbons (Fsp3) is 0.381. The number of carbonyl (C=O) groups is 2. The van der Waals surface area contributed by atoms with Gasteiger partial charge in [-0.1, -0.05) is 30.3 Å². The van der Waals surface area contributed by atoms with Crippen molar-refractivity contribution in [3.63, 3.8) is 0 Å². The number of hydrogen-bond donors (Lipinski definition) is 2. The first-order valence-corrected chi connectivity index (χ1v) is 9.55. The molecule has 1 atom stereocenters. The summed E-state index contributed by atoms with van der Waals surface area (Å²) in [6, 6.07) is 12.1. The highest BCUT2D eigenvalue weighted by molar-refractivity contribution is 5.82. The SMILES string of the molecule is O=C(O)[C@H](Cc1ccccc1)NC(=O)N1CCCN(Cc2ccncc2)CC1. The highest BCUT2D eigenvalue weighted by atomic mass is 16.4. The van der Waals surface area contributed by atoms with Gasteiger partial charge in [-0.15, -0.1) is 0 Å². The lowest BCUT2D eigenvalue weighted by atomic mass is 10.1. The molecule has 1 aromatic heterocycles. The number of nitrogens with one attached hydrogen (secondary N) is 1. The number of pyridine rings is 1. The second-order valence-electron chi connectivity index (χ2n) is 7.00. The van der Waals surface area contributed by atoms with Crippen LogP contribution in [0.15, 0.2) is 54.9 Å². The van der Waals surface area contributed by atoms with E-state index < -0.39 is 12.0 Å². The van der Waals surface area contributed by atoms with E-state index in [0.29, 0.717) is 13.1 Å². The molecule has 1 aliphatic rings. The van der Waals surface area contributed by atoms with Crippen LogP contribution in [0.1, 0.15) is 17.5 Å². The molecule has 7 heteroatoms. The molecule has 1 aliphatic heterocycles. The maximum absolute atomic E-state index is 12.6. The second kappa shape index (κ2) is 9.85. The molecule has 28 heavy (non-hydrogen) atoms. The topological polar surface area (TPSA) is 85.8 Å². The normalized spacial score (nSPS) is 16.2. The van der Waals surface area contributed by atoms with Crippen LogP contribution in [0.3, 0.4) is 0 Å². The first-order chi connectivity index (χ1) is 13.6. The number of aliphatic carboxylic acids is 1. The largest absolute Gasteiger partial charge is 0.480 e. The van der Waals surface area contributed by atoms with Crippen LogP contribution in [0, 0.1) is 0 Å². The van der Waals surface area contributed by atoms with Gasteiger partial charge in [0.15, 0.2) is 0 Å². The van der Waals surface area contributed by atoms with Crippen LogP contribution in [0.25, 0.3) is 0 Å². The molecule has 2 aromatic rings. The van der Waals surface area contributed by atoms with Crippen molar-refractivity contribution >= 4 is 12.0 Å². The smallest absolute Gasteiger partial charge is 0.326 e. The fourth-order valence-corrected chi connectivity index (χ4v) is 3.37. The molecule has 148 valence electrons. The molecule has 1 saturated heterocycles. The minimum atomic E-state index is -1.02. The molecule has 2 N–H and O–H groups in total. The molecule has 1 fully saturated rings. The standard InChI is InChI=1S/C21H26N4O3/c26-20(27)19(15-17-5-2-1-3-6-17)23-21(28)25-12-4-11-24(13-14-25)16-18-7-9-22-10-8-18/h1-3,5-10,19H,4,11-16H2,(H,23,28)(H,26,27)/t19-/m0/s1. The molecule has 3 rings (SSSR count). The van der Waals surface area contributed by atoms with Crippen LogP contribution in [0.5, 0.6) is 0 Å². The van der Waals surface area contributed by atoms with E-state index in [9.17, 15) is 14.7 Å². The van der Waals surface area contributed by atoms with Crippen LogP contribution >= 0.6 is 0 Å². The second-order valence-corrected chi connectivity index (χ2v) is 7.00. The Kier molecular flexibility index (Phi) is 6.97. The van der Waals surface area contributed by atoms with Gasteiger partial charge >= 0.3 is 12.0 Å². The van der Waals surface area contributed by atoms with Crippen molar-refractivity contribution in [2.75, 3.05) is 26.2 Å². The number of benzene rings is 1. The lowest BCUT2D eigenvalue weighted by Gasteiger charge is -2.24. The first kappa shape index (κ1) is 19.8. The van der Waals surface area contributed by atoms with Gasteiger partial charge < -0.3 is 15.3 Å². The predicted molar refractivity (Wildman–Crippen MR) is 106 cm³/mol. The van der Waals surface area contributed by atoms with E-state index in [4.69, 9.17) is 0 Å². The van der Waals surface area contributed by atoms with Crippen LogP contribution < -0.4 is 5.32 Å². The summed E-state index contributed by atoms with van der Waals surface area (Å²) in [6.45, 7) is 3.68. The van der Waals surface area contributed by atoms with Gasteiger partial charge in [0.05, 0.1) is 0 Å². The molecule has 0 saturated carbocycles. The Labute approximate surface area is 165 Å². The van der Waals surface area contributed by atoms with Crippen LogP contribution in [0.4, 0.5) is 4.79 Å². The van der Waals surface area contributed by atoms with Gasteiger partial charge in [0, 0.05) is 51.5 Å². The maximum Gasteiger partial charge on any atom is 0.326 e. The molecular formula is C21H26N4O3. The highest BCUT2D eigenvalue weighted by Crippen LogP contribution is 2.10. The van der Waals surface area contributed by atoms with Crippen LogP contribution in [-0.2, 0) is 17.8 Å². The van der Waals surface area contributed by atoms with E-state index in [1.165, 1.54) is 5.56 Å². The Morgan fingerprint density at radius 3 is 2.46 bits per heavy atom.